The Morgan fingerprint density at radius 1 is 1.11 bits per heavy atom. The molecule has 0 spiro atoms. The number of nitriles is 2. The molecule has 3 aromatic rings. The predicted octanol–water partition coefficient (Wildman–Crippen LogP) is 8.10. The maximum atomic E-state index is 14.1. The van der Waals surface area contributed by atoms with Crippen LogP contribution in [0.2, 0.25) is 10.0 Å². The molecule has 1 aliphatic heterocycles. The maximum Gasteiger partial charge on any atom is 0.417 e. The molecule has 0 saturated heterocycles. The Hall–Kier alpha value is -4.16. The second kappa shape index (κ2) is 13.2. The summed E-state index contributed by atoms with van der Waals surface area (Å²) in [6.07, 6.45) is -4.89. The fourth-order valence-corrected chi connectivity index (χ4v) is 5.80. The maximum absolute atomic E-state index is 14.1. The Morgan fingerprint density at radius 3 is 2.34 bits per heavy atom. The molecule has 0 bridgehead atoms. The van der Waals surface area contributed by atoms with Gasteiger partial charge in [0.05, 0.1) is 51.2 Å². The molecule has 13 heteroatoms. The van der Waals surface area contributed by atoms with E-state index < -0.39 is 29.2 Å². The number of aromatic nitrogens is 1. The second-order valence-electron chi connectivity index (χ2n) is 9.84. The number of halogens is 5. The molecule has 1 unspecified atom stereocenters. The number of ether oxygens (including phenoxy) is 2. The standard InChI is InChI=1S/C31H23Cl2F3N4O3S/c1-15(2)16-4-6-17(7-5-16)26-20(13-38)28(39)43-25(27(26)30(41)42-3)14-44-29-19(12-37)21(31(34,35)36)11-24(40-29)18-8-9-22(32)23(33)10-18/h4-11,15,26H,14,39H2,1-3H3. The predicted molar refractivity (Wildman–Crippen MR) is 160 cm³/mol. The highest BCUT2D eigenvalue weighted by Crippen LogP contribution is 2.43. The molecule has 0 fully saturated rings. The van der Waals surface area contributed by atoms with Crippen LogP contribution in [0.1, 0.15) is 47.9 Å². The van der Waals surface area contributed by atoms with Gasteiger partial charge in [-0.2, -0.15) is 23.7 Å². The summed E-state index contributed by atoms with van der Waals surface area (Å²) in [5, 5.41) is 19.7. The van der Waals surface area contributed by atoms with E-state index in [-0.39, 0.29) is 60.8 Å². The summed E-state index contributed by atoms with van der Waals surface area (Å²) in [5.74, 6) is -2.20. The van der Waals surface area contributed by atoms with Crippen molar-refractivity contribution < 1.29 is 27.4 Å². The lowest BCUT2D eigenvalue weighted by molar-refractivity contribution is -0.138. The number of allylic oxidation sites excluding steroid dienone is 1. The summed E-state index contributed by atoms with van der Waals surface area (Å²) >= 11 is 12.8. The molecule has 2 N–H and O–H groups in total. The third-order valence-electron chi connectivity index (χ3n) is 6.80. The Kier molecular flexibility index (Phi) is 9.85. The van der Waals surface area contributed by atoms with Gasteiger partial charge >= 0.3 is 12.1 Å². The number of esters is 1. The van der Waals surface area contributed by atoms with Crippen LogP contribution in [0.5, 0.6) is 0 Å². The molecule has 44 heavy (non-hydrogen) atoms. The van der Waals surface area contributed by atoms with E-state index in [1.165, 1.54) is 18.2 Å². The van der Waals surface area contributed by atoms with Crippen LogP contribution in [0.4, 0.5) is 13.2 Å². The molecule has 2 aromatic carbocycles. The van der Waals surface area contributed by atoms with Crippen molar-refractivity contribution in [2.75, 3.05) is 12.9 Å². The van der Waals surface area contributed by atoms with Gasteiger partial charge in [-0.15, -0.1) is 0 Å². The Morgan fingerprint density at radius 2 is 1.80 bits per heavy atom. The van der Waals surface area contributed by atoms with E-state index in [0.29, 0.717) is 5.56 Å². The van der Waals surface area contributed by atoms with Crippen molar-refractivity contribution in [2.45, 2.75) is 36.9 Å². The summed E-state index contributed by atoms with van der Waals surface area (Å²) in [6.45, 7) is 4.03. The minimum atomic E-state index is -4.89. The van der Waals surface area contributed by atoms with Crippen LogP contribution >= 0.6 is 35.0 Å². The Balaban J connectivity index is 1.85. The van der Waals surface area contributed by atoms with Crippen LogP contribution in [0.15, 0.2) is 76.3 Å². The van der Waals surface area contributed by atoms with Gasteiger partial charge in [-0.05, 0) is 35.2 Å². The topological polar surface area (TPSA) is 122 Å². The molecule has 1 aliphatic rings. The normalized spacial score (nSPS) is 15.1. The third kappa shape index (κ3) is 6.66. The number of hydrogen-bond donors (Lipinski definition) is 1. The van der Waals surface area contributed by atoms with E-state index in [2.05, 4.69) is 4.98 Å². The van der Waals surface area contributed by atoms with Crippen molar-refractivity contribution >= 4 is 40.9 Å². The van der Waals surface area contributed by atoms with E-state index in [4.69, 9.17) is 38.4 Å². The summed E-state index contributed by atoms with van der Waals surface area (Å²) in [5.41, 5.74) is 5.80. The van der Waals surface area contributed by atoms with Crippen molar-refractivity contribution in [2.24, 2.45) is 5.73 Å². The molecule has 0 radical (unpaired) electrons. The first kappa shape index (κ1) is 32.7. The van der Waals surface area contributed by atoms with E-state index in [1.54, 1.807) is 18.2 Å². The van der Waals surface area contributed by atoms with Gasteiger partial charge in [0.2, 0.25) is 5.88 Å². The van der Waals surface area contributed by atoms with Crippen LogP contribution in [0, 0.1) is 22.7 Å². The molecule has 1 aromatic heterocycles. The largest absolute Gasteiger partial charge is 0.466 e. The lowest BCUT2D eigenvalue weighted by Crippen LogP contribution is -2.26. The van der Waals surface area contributed by atoms with E-state index in [0.717, 1.165) is 30.5 Å². The van der Waals surface area contributed by atoms with Crippen LogP contribution in [-0.4, -0.2) is 23.8 Å². The molecule has 4 rings (SSSR count). The number of rotatable bonds is 7. The van der Waals surface area contributed by atoms with Gasteiger partial charge in [0.1, 0.15) is 28.5 Å². The summed E-state index contributed by atoms with van der Waals surface area (Å²) in [4.78, 5) is 17.5. The molecular formula is C31H23Cl2F3N4O3S. The fraction of sp³-hybridized carbons (Fsp3) is 0.226. The van der Waals surface area contributed by atoms with Crippen molar-refractivity contribution in [1.29, 1.82) is 10.5 Å². The SMILES string of the molecule is COC(=O)C1=C(CSc2nc(-c3ccc(Cl)c(Cl)c3)cc(C(F)(F)F)c2C#N)OC(N)=C(C#N)C1c1ccc(C(C)C)cc1. The molecule has 0 aliphatic carbocycles. The smallest absolute Gasteiger partial charge is 0.417 e. The number of pyridine rings is 1. The zero-order valence-corrected chi connectivity index (χ0v) is 25.8. The number of nitrogens with two attached hydrogens (primary N) is 1. The second-order valence-corrected chi connectivity index (χ2v) is 11.6. The van der Waals surface area contributed by atoms with Gasteiger partial charge in [0.15, 0.2) is 0 Å². The first-order chi connectivity index (χ1) is 20.8. The third-order valence-corrected chi connectivity index (χ3v) is 8.51. The van der Waals surface area contributed by atoms with Crippen molar-refractivity contribution in [1.82, 2.24) is 4.98 Å². The van der Waals surface area contributed by atoms with Gasteiger partial charge in [-0.25, -0.2) is 9.78 Å². The number of alkyl halides is 3. The lowest BCUT2D eigenvalue weighted by atomic mass is 9.82. The van der Waals surface area contributed by atoms with Crippen molar-refractivity contribution in [3.05, 3.63) is 104 Å². The highest BCUT2D eigenvalue weighted by atomic mass is 35.5. The Bertz CT molecular complexity index is 1780. The number of hydrogen-bond acceptors (Lipinski definition) is 8. The molecule has 0 amide bonds. The zero-order valence-electron chi connectivity index (χ0n) is 23.4. The quantitative estimate of drug-likeness (QED) is 0.200. The lowest BCUT2D eigenvalue weighted by Gasteiger charge is -2.28. The molecule has 2 heterocycles. The van der Waals surface area contributed by atoms with Crippen LogP contribution < -0.4 is 5.73 Å². The summed E-state index contributed by atoms with van der Waals surface area (Å²) in [7, 11) is 1.15. The molecule has 0 saturated carbocycles. The summed E-state index contributed by atoms with van der Waals surface area (Å²) in [6, 6.07) is 15.8. The number of carbonyl (C=O) groups is 1. The number of carbonyl (C=O) groups excluding carboxylic acids is 1. The molecule has 1 atom stereocenters. The number of thioether (sulfide) groups is 1. The van der Waals surface area contributed by atoms with Crippen LogP contribution in [0.25, 0.3) is 11.3 Å². The molecule has 226 valence electrons. The van der Waals surface area contributed by atoms with E-state index in [9.17, 15) is 28.5 Å². The van der Waals surface area contributed by atoms with Gasteiger partial charge in [0.25, 0.3) is 0 Å². The zero-order chi connectivity index (χ0) is 32.3. The first-order valence-corrected chi connectivity index (χ1v) is 14.6. The summed E-state index contributed by atoms with van der Waals surface area (Å²) < 4.78 is 53.1. The van der Waals surface area contributed by atoms with E-state index >= 15 is 0 Å². The van der Waals surface area contributed by atoms with E-state index in [1.807, 2.05) is 32.0 Å². The fourth-order valence-electron chi connectivity index (χ4n) is 4.56. The monoisotopic (exact) mass is 658 g/mol. The van der Waals surface area contributed by atoms with Crippen LogP contribution in [-0.2, 0) is 20.4 Å². The highest BCUT2D eigenvalue weighted by Gasteiger charge is 2.39. The average molecular weight is 660 g/mol. The number of methoxy groups -OCH3 is 1. The van der Waals surface area contributed by atoms with Gasteiger partial charge in [0, 0.05) is 5.56 Å². The van der Waals surface area contributed by atoms with Crippen LogP contribution in [0.3, 0.4) is 0 Å². The number of benzene rings is 2. The first-order valence-electron chi connectivity index (χ1n) is 12.9. The van der Waals surface area contributed by atoms with Gasteiger partial charge in [-0.3, -0.25) is 0 Å². The van der Waals surface area contributed by atoms with Crippen molar-refractivity contribution in [3.8, 4) is 23.4 Å². The van der Waals surface area contributed by atoms with Gasteiger partial charge in [-0.1, -0.05) is 79.1 Å². The molecule has 7 nitrogen and oxygen atoms in total. The minimum Gasteiger partial charge on any atom is -0.466 e. The minimum absolute atomic E-state index is 0.0340. The molecular weight excluding hydrogens is 636 g/mol. The number of nitrogens with zero attached hydrogens (tertiary/aromatic N) is 3. The average Bonchev–Trinajstić information content (AvgIpc) is 2.99. The van der Waals surface area contributed by atoms with Gasteiger partial charge < -0.3 is 15.2 Å². The van der Waals surface area contributed by atoms with Crippen molar-refractivity contribution in [3.63, 3.8) is 0 Å². The Labute approximate surface area is 265 Å². The highest BCUT2D eigenvalue weighted by molar-refractivity contribution is 7.99.